The minimum Gasteiger partial charge on any atom is -0.399 e. The molecule has 1 aromatic rings. The number of aliphatic hydroxyl groups is 1. The monoisotopic (exact) mass is 250 g/mol. The fraction of sp³-hybridized carbons (Fsp3) is 0.571. The first-order valence-electron chi connectivity index (χ1n) is 6.48. The van der Waals surface area contributed by atoms with Crippen LogP contribution in [0, 0.1) is 0 Å². The van der Waals surface area contributed by atoms with Crippen molar-refractivity contribution in [3.05, 3.63) is 29.8 Å². The molecule has 0 spiro atoms. The standard InChI is InChI=1S/C14H22N2O2/c1-16(13-5-7-18-8-6-13)10-14(17)11-3-2-4-12(15)9-11/h2-4,9,13-14,17H,5-8,10,15H2,1H3. The first-order chi connectivity index (χ1) is 8.66. The molecule has 1 unspecified atom stereocenters. The van der Waals surface area contributed by atoms with Crippen LogP contribution in [0.3, 0.4) is 0 Å². The largest absolute Gasteiger partial charge is 0.399 e. The molecular formula is C14H22N2O2. The highest BCUT2D eigenvalue weighted by Crippen LogP contribution is 2.20. The highest BCUT2D eigenvalue weighted by Gasteiger charge is 2.21. The van der Waals surface area contributed by atoms with E-state index in [1.54, 1.807) is 0 Å². The Morgan fingerprint density at radius 2 is 2.17 bits per heavy atom. The third-order valence-corrected chi connectivity index (χ3v) is 3.57. The molecule has 1 aliphatic heterocycles. The topological polar surface area (TPSA) is 58.7 Å². The number of likely N-dealkylation sites (N-methyl/N-ethyl adjacent to an activating group) is 1. The van der Waals surface area contributed by atoms with Crippen LogP contribution in [0.25, 0.3) is 0 Å². The van der Waals surface area contributed by atoms with Crippen LogP contribution in [-0.4, -0.2) is 42.9 Å². The van der Waals surface area contributed by atoms with Gasteiger partial charge in [-0.2, -0.15) is 0 Å². The molecule has 1 fully saturated rings. The summed E-state index contributed by atoms with van der Waals surface area (Å²) in [4.78, 5) is 2.22. The lowest BCUT2D eigenvalue weighted by Crippen LogP contribution is -2.38. The average Bonchev–Trinajstić information content (AvgIpc) is 2.39. The molecule has 0 saturated carbocycles. The normalized spacial score (nSPS) is 19.1. The minimum atomic E-state index is -0.485. The number of aliphatic hydroxyl groups excluding tert-OH is 1. The van der Waals surface area contributed by atoms with E-state index in [0.717, 1.165) is 31.6 Å². The van der Waals surface area contributed by atoms with E-state index in [1.165, 1.54) is 0 Å². The van der Waals surface area contributed by atoms with Gasteiger partial charge in [-0.1, -0.05) is 12.1 Å². The van der Waals surface area contributed by atoms with E-state index >= 15 is 0 Å². The Balaban J connectivity index is 1.91. The van der Waals surface area contributed by atoms with E-state index in [0.29, 0.717) is 18.3 Å². The zero-order valence-electron chi connectivity index (χ0n) is 10.9. The van der Waals surface area contributed by atoms with Crippen molar-refractivity contribution in [1.29, 1.82) is 0 Å². The van der Waals surface area contributed by atoms with Gasteiger partial charge in [-0.25, -0.2) is 0 Å². The Bertz CT molecular complexity index is 378. The molecule has 1 heterocycles. The molecule has 1 aliphatic rings. The Hall–Kier alpha value is -1.10. The van der Waals surface area contributed by atoms with E-state index in [9.17, 15) is 5.11 Å². The number of nitrogen functional groups attached to an aromatic ring is 1. The van der Waals surface area contributed by atoms with Crippen molar-refractivity contribution in [2.45, 2.75) is 25.0 Å². The van der Waals surface area contributed by atoms with Gasteiger partial charge in [-0.3, -0.25) is 0 Å². The fourth-order valence-corrected chi connectivity index (χ4v) is 2.42. The average molecular weight is 250 g/mol. The quantitative estimate of drug-likeness (QED) is 0.793. The van der Waals surface area contributed by atoms with Crippen molar-refractivity contribution in [2.24, 2.45) is 0 Å². The van der Waals surface area contributed by atoms with Crippen LogP contribution < -0.4 is 5.73 Å². The molecule has 4 nitrogen and oxygen atoms in total. The summed E-state index contributed by atoms with van der Waals surface area (Å²) in [6, 6.07) is 7.97. The maximum atomic E-state index is 10.2. The molecule has 18 heavy (non-hydrogen) atoms. The first-order valence-corrected chi connectivity index (χ1v) is 6.48. The summed E-state index contributed by atoms with van der Waals surface area (Å²) in [6.07, 6.45) is 1.60. The number of benzene rings is 1. The van der Waals surface area contributed by atoms with Gasteiger partial charge >= 0.3 is 0 Å². The second-order valence-electron chi connectivity index (χ2n) is 4.97. The van der Waals surface area contributed by atoms with Crippen LogP contribution in [-0.2, 0) is 4.74 Å². The number of hydrogen-bond donors (Lipinski definition) is 2. The minimum absolute atomic E-state index is 0.485. The van der Waals surface area contributed by atoms with Gasteiger partial charge in [0.05, 0.1) is 6.10 Å². The van der Waals surface area contributed by atoms with Crippen molar-refractivity contribution in [1.82, 2.24) is 4.90 Å². The molecule has 3 N–H and O–H groups in total. The molecule has 0 radical (unpaired) electrons. The van der Waals surface area contributed by atoms with Gasteiger partial charge in [-0.15, -0.1) is 0 Å². The van der Waals surface area contributed by atoms with E-state index in [1.807, 2.05) is 24.3 Å². The van der Waals surface area contributed by atoms with Crippen LogP contribution in [0.4, 0.5) is 5.69 Å². The van der Waals surface area contributed by atoms with Gasteiger partial charge < -0.3 is 20.5 Å². The molecule has 100 valence electrons. The SMILES string of the molecule is CN(CC(O)c1cccc(N)c1)C1CCOCC1. The highest BCUT2D eigenvalue weighted by atomic mass is 16.5. The Labute approximate surface area is 108 Å². The van der Waals surface area contributed by atoms with Crippen LogP contribution in [0.5, 0.6) is 0 Å². The zero-order chi connectivity index (χ0) is 13.0. The van der Waals surface area contributed by atoms with Gasteiger partial charge in [0.1, 0.15) is 0 Å². The molecule has 0 bridgehead atoms. The summed E-state index contributed by atoms with van der Waals surface area (Å²) in [5.41, 5.74) is 7.31. The molecule has 1 atom stereocenters. The van der Waals surface area contributed by atoms with Gasteiger partial charge in [0.25, 0.3) is 0 Å². The van der Waals surface area contributed by atoms with E-state index in [-0.39, 0.29) is 0 Å². The van der Waals surface area contributed by atoms with Crippen LogP contribution in [0.2, 0.25) is 0 Å². The van der Waals surface area contributed by atoms with Crippen LogP contribution >= 0.6 is 0 Å². The molecule has 4 heteroatoms. The maximum absolute atomic E-state index is 10.2. The summed E-state index contributed by atoms with van der Waals surface area (Å²) in [6.45, 7) is 2.28. The Morgan fingerprint density at radius 3 is 2.83 bits per heavy atom. The molecule has 1 aromatic carbocycles. The van der Waals surface area contributed by atoms with Gasteiger partial charge in [0.2, 0.25) is 0 Å². The van der Waals surface area contributed by atoms with Crippen molar-refractivity contribution in [3.63, 3.8) is 0 Å². The number of hydrogen-bond acceptors (Lipinski definition) is 4. The number of ether oxygens (including phenoxy) is 1. The summed E-state index contributed by atoms with van der Waals surface area (Å²) in [7, 11) is 2.06. The van der Waals surface area contributed by atoms with E-state index in [2.05, 4.69) is 11.9 Å². The van der Waals surface area contributed by atoms with Crippen molar-refractivity contribution in [3.8, 4) is 0 Å². The Morgan fingerprint density at radius 1 is 1.44 bits per heavy atom. The lowest BCUT2D eigenvalue weighted by atomic mass is 10.0. The third-order valence-electron chi connectivity index (χ3n) is 3.57. The number of nitrogens with two attached hydrogens (primary N) is 1. The molecule has 0 amide bonds. The lowest BCUT2D eigenvalue weighted by molar-refractivity contribution is 0.0253. The van der Waals surface area contributed by atoms with Crippen molar-refractivity contribution < 1.29 is 9.84 Å². The second-order valence-corrected chi connectivity index (χ2v) is 4.97. The molecule has 0 aliphatic carbocycles. The van der Waals surface area contributed by atoms with Crippen molar-refractivity contribution in [2.75, 3.05) is 32.5 Å². The fourth-order valence-electron chi connectivity index (χ4n) is 2.42. The second kappa shape index (κ2) is 6.18. The summed E-state index contributed by atoms with van der Waals surface area (Å²) >= 11 is 0. The predicted molar refractivity (Wildman–Crippen MR) is 72.3 cm³/mol. The zero-order valence-corrected chi connectivity index (χ0v) is 10.9. The predicted octanol–water partition coefficient (Wildman–Crippen LogP) is 1.41. The Kier molecular flexibility index (Phi) is 4.58. The molecule has 1 saturated heterocycles. The molecule has 2 rings (SSSR count). The summed E-state index contributed by atoms with van der Waals surface area (Å²) in [5.74, 6) is 0. The van der Waals surface area contributed by atoms with Gasteiger partial charge in [-0.05, 0) is 37.6 Å². The number of nitrogens with zero attached hydrogens (tertiary/aromatic N) is 1. The summed E-state index contributed by atoms with van der Waals surface area (Å²) in [5, 5.41) is 10.2. The molecular weight excluding hydrogens is 228 g/mol. The third kappa shape index (κ3) is 3.45. The number of rotatable bonds is 4. The van der Waals surface area contributed by atoms with Crippen LogP contribution in [0.15, 0.2) is 24.3 Å². The highest BCUT2D eigenvalue weighted by molar-refractivity contribution is 5.41. The first kappa shape index (κ1) is 13.3. The van der Waals surface area contributed by atoms with Crippen molar-refractivity contribution >= 4 is 5.69 Å². The smallest absolute Gasteiger partial charge is 0.0917 e. The van der Waals surface area contributed by atoms with Crippen LogP contribution in [0.1, 0.15) is 24.5 Å². The lowest BCUT2D eigenvalue weighted by Gasteiger charge is -2.32. The maximum Gasteiger partial charge on any atom is 0.0917 e. The summed E-state index contributed by atoms with van der Waals surface area (Å²) < 4.78 is 5.35. The van der Waals surface area contributed by atoms with Gasteiger partial charge in [0.15, 0.2) is 0 Å². The molecule has 0 aromatic heterocycles. The van der Waals surface area contributed by atoms with Gasteiger partial charge in [0, 0.05) is 31.5 Å². The van der Waals surface area contributed by atoms with E-state index in [4.69, 9.17) is 10.5 Å². The number of anilines is 1. The van der Waals surface area contributed by atoms with E-state index < -0.39 is 6.10 Å².